The van der Waals surface area contributed by atoms with Crippen LogP contribution in [0.4, 0.5) is 18.9 Å². The second kappa shape index (κ2) is 10.8. The van der Waals surface area contributed by atoms with E-state index < -0.39 is 21.9 Å². The van der Waals surface area contributed by atoms with Gasteiger partial charge in [0.2, 0.25) is 0 Å². The van der Waals surface area contributed by atoms with E-state index in [1.54, 1.807) is 36.4 Å². The van der Waals surface area contributed by atoms with Crippen molar-refractivity contribution in [2.45, 2.75) is 13.1 Å². The summed E-state index contributed by atoms with van der Waals surface area (Å²) in [6.45, 7) is 3.09. The average Bonchev–Trinajstić information content (AvgIpc) is 2.93. The SMILES string of the molecule is Cc1cc(-c2ccc(C(F)(F)F)cc2)cc(-c2cccc(-c3cccc(NS(=O)(=O)N4CCOCC4)c3)n2)n1. The molecule has 2 aromatic heterocycles. The number of alkyl halides is 3. The molecule has 0 bridgehead atoms. The predicted molar refractivity (Wildman–Crippen MR) is 143 cm³/mol. The van der Waals surface area contributed by atoms with Gasteiger partial charge in [-0.2, -0.15) is 25.9 Å². The van der Waals surface area contributed by atoms with Crippen molar-refractivity contribution >= 4 is 15.9 Å². The highest BCUT2D eigenvalue weighted by Crippen LogP contribution is 2.32. The first-order valence-corrected chi connectivity index (χ1v) is 13.6. The summed E-state index contributed by atoms with van der Waals surface area (Å²) >= 11 is 0. The van der Waals surface area contributed by atoms with E-state index in [1.165, 1.54) is 16.4 Å². The summed E-state index contributed by atoms with van der Waals surface area (Å²) in [5.74, 6) is 0. The van der Waals surface area contributed by atoms with Crippen molar-refractivity contribution in [3.05, 3.63) is 90.1 Å². The van der Waals surface area contributed by atoms with E-state index in [1.807, 2.05) is 25.1 Å². The summed E-state index contributed by atoms with van der Waals surface area (Å²) in [4.78, 5) is 9.34. The molecule has 1 saturated heterocycles. The number of rotatable bonds is 6. The van der Waals surface area contributed by atoms with Crippen molar-refractivity contribution < 1.29 is 26.3 Å². The second-order valence-electron chi connectivity index (χ2n) is 9.06. The normalized spacial score (nSPS) is 14.8. The summed E-state index contributed by atoms with van der Waals surface area (Å²) in [6.07, 6.45) is -4.40. The van der Waals surface area contributed by atoms with Gasteiger partial charge in [0, 0.05) is 24.3 Å². The van der Waals surface area contributed by atoms with Crippen LogP contribution in [0, 0.1) is 6.92 Å². The lowest BCUT2D eigenvalue weighted by Crippen LogP contribution is -2.43. The number of aryl methyl sites for hydroxylation is 1. The fourth-order valence-corrected chi connectivity index (χ4v) is 5.48. The Hall–Kier alpha value is -3.80. The average molecular weight is 555 g/mol. The zero-order chi connectivity index (χ0) is 27.6. The molecule has 0 saturated carbocycles. The lowest BCUT2D eigenvalue weighted by molar-refractivity contribution is -0.137. The van der Waals surface area contributed by atoms with Gasteiger partial charge in [-0.3, -0.25) is 9.71 Å². The van der Waals surface area contributed by atoms with Crippen LogP contribution in [0.2, 0.25) is 0 Å². The van der Waals surface area contributed by atoms with Gasteiger partial charge in [0.05, 0.1) is 41.5 Å². The molecule has 0 unspecified atom stereocenters. The van der Waals surface area contributed by atoms with Crippen LogP contribution in [0.15, 0.2) is 78.9 Å². The van der Waals surface area contributed by atoms with Crippen molar-refractivity contribution in [1.82, 2.24) is 14.3 Å². The third kappa shape index (κ3) is 6.27. The first-order chi connectivity index (χ1) is 18.6. The lowest BCUT2D eigenvalue weighted by atomic mass is 10.0. The second-order valence-corrected chi connectivity index (χ2v) is 10.7. The number of hydrogen-bond acceptors (Lipinski definition) is 5. The number of pyridine rings is 2. The highest BCUT2D eigenvalue weighted by molar-refractivity contribution is 7.90. The van der Waals surface area contributed by atoms with Gasteiger partial charge in [-0.05, 0) is 66.6 Å². The number of nitrogens with zero attached hydrogens (tertiary/aromatic N) is 3. The predicted octanol–water partition coefficient (Wildman–Crippen LogP) is 5.79. The molecule has 0 atom stereocenters. The summed E-state index contributed by atoms with van der Waals surface area (Å²) in [6, 6.07) is 21.0. The Labute approximate surface area is 224 Å². The molecule has 0 aliphatic carbocycles. The minimum Gasteiger partial charge on any atom is -0.379 e. The van der Waals surface area contributed by atoms with E-state index >= 15 is 0 Å². The third-order valence-electron chi connectivity index (χ3n) is 6.23. The van der Waals surface area contributed by atoms with Crippen LogP contribution in [-0.4, -0.2) is 49.0 Å². The van der Waals surface area contributed by atoms with Gasteiger partial charge in [0.1, 0.15) is 0 Å². The van der Waals surface area contributed by atoms with Crippen molar-refractivity contribution in [2.24, 2.45) is 0 Å². The van der Waals surface area contributed by atoms with Crippen LogP contribution >= 0.6 is 0 Å². The standard InChI is InChI=1S/C28H25F3N4O3S/c1-19-16-22(20-8-10-23(11-9-20)28(29,30)31)18-27(32-19)26-7-3-6-25(33-26)21-4-2-5-24(17-21)34-39(36,37)35-12-14-38-15-13-35/h2-11,16-18,34H,12-15H2,1H3. The van der Waals surface area contributed by atoms with Gasteiger partial charge >= 0.3 is 16.4 Å². The Morgan fingerprint density at radius 2 is 1.49 bits per heavy atom. The fourth-order valence-electron chi connectivity index (χ4n) is 4.30. The zero-order valence-corrected chi connectivity index (χ0v) is 21.8. The molecule has 7 nitrogen and oxygen atoms in total. The summed E-state index contributed by atoms with van der Waals surface area (Å²) in [5, 5.41) is 0. The molecule has 5 rings (SSSR count). The van der Waals surface area contributed by atoms with Crippen LogP contribution in [0.5, 0.6) is 0 Å². The number of hydrogen-bond donors (Lipinski definition) is 1. The van der Waals surface area contributed by atoms with Gasteiger partial charge in [0.15, 0.2) is 0 Å². The molecule has 1 aliphatic rings. The fraction of sp³-hybridized carbons (Fsp3) is 0.214. The summed E-state index contributed by atoms with van der Waals surface area (Å²) in [7, 11) is -3.72. The Morgan fingerprint density at radius 3 is 2.21 bits per heavy atom. The van der Waals surface area contributed by atoms with Crippen LogP contribution in [0.3, 0.4) is 0 Å². The smallest absolute Gasteiger partial charge is 0.379 e. The molecule has 1 fully saturated rings. The molecule has 2 aromatic carbocycles. The van der Waals surface area contributed by atoms with E-state index in [-0.39, 0.29) is 13.1 Å². The van der Waals surface area contributed by atoms with Crippen molar-refractivity contribution in [3.8, 4) is 33.8 Å². The molecule has 4 aromatic rings. The molecule has 0 amide bonds. The molecule has 0 spiro atoms. The molecule has 1 N–H and O–H groups in total. The first-order valence-electron chi connectivity index (χ1n) is 12.2. The van der Waals surface area contributed by atoms with Crippen LogP contribution < -0.4 is 4.72 Å². The number of nitrogens with one attached hydrogen (secondary N) is 1. The molecule has 3 heterocycles. The van der Waals surface area contributed by atoms with Crippen LogP contribution in [0.25, 0.3) is 33.8 Å². The molecular formula is C28H25F3N4O3S. The monoisotopic (exact) mass is 554 g/mol. The zero-order valence-electron chi connectivity index (χ0n) is 20.9. The number of morpholine rings is 1. The minimum atomic E-state index is -4.40. The quantitative estimate of drug-likeness (QED) is 0.326. The first kappa shape index (κ1) is 26.8. The third-order valence-corrected chi connectivity index (χ3v) is 7.76. The van der Waals surface area contributed by atoms with Crippen LogP contribution in [0.1, 0.15) is 11.3 Å². The summed E-state index contributed by atoms with van der Waals surface area (Å²) < 4.78 is 73.7. The highest BCUT2D eigenvalue weighted by atomic mass is 32.2. The van der Waals surface area contributed by atoms with E-state index in [2.05, 4.69) is 9.71 Å². The van der Waals surface area contributed by atoms with E-state index in [4.69, 9.17) is 9.72 Å². The topological polar surface area (TPSA) is 84.4 Å². The number of aromatic nitrogens is 2. The molecule has 1 aliphatic heterocycles. The Morgan fingerprint density at radius 1 is 0.795 bits per heavy atom. The van der Waals surface area contributed by atoms with Gasteiger partial charge in [-0.1, -0.05) is 30.3 Å². The number of anilines is 1. The summed E-state index contributed by atoms with van der Waals surface area (Å²) in [5.41, 5.74) is 4.19. The number of benzene rings is 2. The molecule has 11 heteroatoms. The Balaban J connectivity index is 1.42. The maximum absolute atomic E-state index is 13.0. The van der Waals surface area contributed by atoms with Gasteiger partial charge in [0.25, 0.3) is 0 Å². The number of ether oxygens (including phenoxy) is 1. The van der Waals surface area contributed by atoms with E-state index in [9.17, 15) is 21.6 Å². The van der Waals surface area contributed by atoms with Gasteiger partial charge in [-0.15, -0.1) is 0 Å². The van der Waals surface area contributed by atoms with Crippen molar-refractivity contribution in [3.63, 3.8) is 0 Å². The van der Waals surface area contributed by atoms with Crippen molar-refractivity contribution in [1.29, 1.82) is 0 Å². The maximum Gasteiger partial charge on any atom is 0.416 e. The largest absolute Gasteiger partial charge is 0.416 e. The molecular weight excluding hydrogens is 529 g/mol. The van der Waals surface area contributed by atoms with Crippen LogP contribution in [-0.2, 0) is 21.1 Å². The molecule has 0 radical (unpaired) electrons. The maximum atomic E-state index is 13.0. The Bertz CT molecular complexity index is 1590. The van der Waals surface area contributed by atoms with Gasteiger partial charge < -0.3 is 4.74 Å². The highest BCUT2D eigenvalue weighted by Gasteiger charge is 2.30. The van der Waals surface area contributed by atoms with Gasteiger partial charge in [-0.25, -0.2) is 4.98 Å². The van der Waals surface area contributed by atoms with E-state index in [0.29, 0.717) is 52.8 Å². The minimum absolute atomic E-state index is 0.288. The number of halogens is 3. The van der Waals surface area contributed by atoms with E-state index in [0.717, 1.165) is 17.7 Å². The lowest BCUT2D eigenvalue weighted by Gasteiger charge is -2.26. The van der Waals surface area contributed by atoms with Crippen molar-refractivity contribution in [2.75, 3.05) is 31.0 Å². The Kier molecular flexibility index (Phi) is 7.39. The molecule has 202 valence electrons. The molecule has 39 heavy (non-hydrogen) atoms.